The van der Waals surface area contributed by atoms with Crippen molar-refractivity contribution in [2.75, 3.05) is 20.8 Å². The van der Waals surface area contributed by atoms with Crippen LogP contribution < -0.4 is 9.47 Å². The van der Waals surface area contributed by atoms with E-state index >= 15 is 0 Å². The maximum absolute atomic E-state index is 13.7. The summed E-state index contributed by atoms with van der Waals surface area (Å²) >= 11 is 0. The van der Waals surface area contributed by atoms with Crippen molar-refractivity contribution < 1.29 is 19.4 Å². The van der Waals surface area contributed by atoms with E-state index in [0.717, 1.165) is 33.4 Å². The number of aryl methyl sites for hydroxylation is 3. The van der Waals surface area contributed by atoms with Crippen molar-refractivity contribution >= 4 is 5.91 Å². The number of amides is 1. The molecule has 2 N–H and O–H groups in total. The number of aromatic amines is 1. The SMILES string of the molecule is COc1ccc(CCN2C(=O)c3[nH]nc(-c4c(C)cc(C)cc4O)c3C2c2ccc(C)cc2)cc1OC. The van der Waals surface area contributed by atoms with Gasteiger partial charge in [0.15, 0.2) is 11.5 Å². The van der Waals surface area contributed by atoms with Crippen LogP contribution in [0, 0.1) is 20.8 Å². The van der Waals surface area contributed by atoms with Gasteiger partial charge in [0.2, 0.25) is 0 Å². The summed E-state index contributed by atoms with van der Waals surface area (Å²) in [5.74, 6) is 1.37. The Labute approximate surface area is 216 Å². The highest BCUT2D eigenvalue weighted by atomic mass is 16.5. The smallest absolute Gasteiger partial charge is 0.273 e. The number of phenols is 1. The first-order chi connectivity index (χ1) is 17.8. The van der Waals surface area contributed by atoms with Gasteiger partial charge in [-0.3, -0.25) is 9.89 Å². The van der Waals surface area contributed by atoms with Gasteiger partial charge in [0, 0.05) is 17.7 Å². The molecule has 190 valence electrons. The van der Waals surface area contributed by atoms with Gasteiger partial charge in [0.25, 0.3) is 5.91 Å². The van der Waals surface area contributed by atoms with Crippen LogP contribution in [0.25, 0.3) is 11.3 Å². The highest BCUT2D eigenvalue weighted by molar-refractivity contribution is 6.00. The van der Waals surface area contributed by atoms with Crippen LogP contribution in [0.1, 0.15) is 49.9 Å². The predicted molar refractivity (Wildman–Crippen MR) is 142 cm³/mol. The topological polar surface area (TPSA) is 87.7 Å². The number of nitrogens with one attached hydrogen (secondary N) is 1. The molecule has 5 rings (SSSR count). The fourth-order valence-corrected chi connectivity index (χ4v) is 5.25. The highest BCUT2D eigenvalue weighted by Crippen LogP contribution is 2.45. The van der Waals surface area contributed by atoms with E-state index in [2.05, 4.69) is 34.5 Å². The van der Waals surface area contributed by atoms with Gasteiger partial charge in [0.05, 0.1) is 20.3 Å². The number of benzene rings is 3. The summed E-state index contributed by atoms with van der Waals surface area (Å²) in [5.41, 5.74) is 7.57. The zero-order valence-electron chi connectivity index (χ0n) is 21.8. The average molecular weight is 498 g/mol. The second-order valence-electron chi connectivity index (χ2n) is 9.59. The Morgan fingerprint density at radius 3 is 2.35 bits per heavy atom. The maximum Gasteiger partial charge on any atom is 0.273 e. The van der Waals surface area contributed by atoms with Gasteiger partial charge in [-0.05, 0) is 67.6 Å². The van der Waals surface area contributed by atoms with Crippen molar-refractivity contribution in [1.29, 1.82) is 0 Å². The number of carbonyl (C=O) groups is 1. The third-order valence-corrected chi connectivity index (χ3v) is 7.04. The van der Waals surface area contributed by atoms with Crippen molar-refractivity contribution in [3.63, 3.8) is 0 Å². The van der Waals surface area contributed by atoms with E-state index in [-0.39, 0.29) is 17.7 Å². The number of nitrogens with zero attached hydrogens (tertiary/aromatic N) is 2. The lowest BCUT2D eigenvalue weighted by Crippen LogP contribution is -2.31. The largest absolute Gasteiger partial charge is 0.507 e. The number of methoxy groups -OCH3 is 2. The van der Waals surface area contributed by atoms with Crippen molar-refractivity contribution in [3.05, 3.63) is 93.7 Å². The molecule has 7 nitrogen and oxygen atoms in total. The van der Waals surface area contributed by atoms with Crippen LogP contribution in [0.4, 0.5) is 0 Å². The van der Waals surface area contributed by atoms with Gasteiger partial charge < -0.3 is 19.5 Å². The summed E-state index contributed by atoms with van der Waals surface area (Å²) in [6.07, 6.45) is 0.635. The number of carbonyl (C=O) groups excluding carboxylic acids is 1. The van der Waals surface area contributed by atoms with Crippen molar-refractivity contribution in [3.8, 4) is 28.5 Å². The molecule has 0 bridgehead atoms. The molecule has 4 aromatic rings. The molecule has 0 fully saturated rings. The van der Waals surface area contributed by atoms with E-state index in [0.29, 0.717) is 41.4 Å². The number of hydrogen-bond donors (Lipinski definition) is 2. The van der Waals surface area contributed by atoms with Crippen LogP contribution in [0.5, 0.6) is 17.2 Å². The number of ether oxygens (including phenoxy) is 2. The molecule has 3 aromatic carbocycles. The summed E-state index contributed by atoms with van der Waals surface area (Å²) in [6, 6.07) is 17.5. The Balaban J connectivity index is 1.57. The maximum atomic E-state index is 13.7. The standard InChI is InChI=1S/C30H31N3O4/c1-17-6-9-21(10-7-17)29-26-27(25-19(3)14-18(2)15-22(25)34)31-32-28(26)30(35)33(29)13-12-20-8-11-23(36-4)24(16-20)37-5/h6-11,14-16,29,34H,12-13H2,1-5H3,(H,31,32). The summed E-state index contributed by atoms with van der Waals surface area (Å²) < 4.78 is 10.8. The molecule has 1 aliphatic heterocycles. The first-order valence-electron chi connectivity index (χ1n) is 12.3. The molecule has 2 heterocycles. The summed E-state index contributed by atoms with van der Waals surface area (Å²) in [7, 11) is 3.22. The zero-order valence-corrected chi connectivity index (χ0v) is 21.8. The van der Waals surface area contributed by atoms with Crippen molar-refractivity contribution in [2.24, 2.45) is 0 Å². The Bertz CT molecular complexity index is 1450. The third kappa shape index (κ3) is 4.31. The van der Waals surface area contributed by atoms with Crippen LogP contribution in [-0.4, -0.2) is 46.9 Å². The highest BCUT2D eigenvalue weighted by Gasteiger charge is 2.42. The van der Waals surface area contributed by atoms with Gasteiger partial charge in [-0.25, -0.2) is 0 Å². The fourth-order valence-electron chi connectivity index (χ4n) is 5.25. The molecule has 0 radical (unpaired) electrons. The van der Waals surface area contributed by atoms with E-state index < -0.39 is 0 Å². The number of H-pyrrole nitrogens is 1. The molecular formula is C30H31N3O4. The number of phenolic OH excluding ortho intramolecular Hbond substituents is 1. The quantitative estimate of drug-likeness (QED) is 0.351. The van der Waals surface area contributed by atoms with Crippen molar-refractivity contribution in [2.45, 2.75) is 33.2 Å². The minimum atomic E-state index is -0.336. The number of aromatic hydroxyl groups is 1. The number of fused-ring (bicyclic) bond motifs is 1. The van der Waals surface area contributed by atoms with Crippen LogP contribution in [0.2, 0.25) is 0 Å². The summed E-state index contributed by atoms with van der Waals surface area (Å²) in [5, 5.41) is 18.4. The van der Waals surface area contributed by atoms with Crippen LogP contribution in [-0.2, 0) is 6.42 Å². The fraction of sp³-hybridized carbons (Fsp3) is 0.267. The molecule has 0 spiro atoms. The first kappa shape index (κ1) is 24.4. The van der Waals surface area contributed by atoms with Crippen LogP contribution in [0.15, 0.2) is 54.6 Å². The van der Waals surface area contributed by atoms with E-state index in [1.54, 1.807) is 20.3 Å². The lowest BCUT2D eigenvalue weighted by molar-refractivity contribution is 0.0746. The van der Waals surface area contributed by atoms with E-state index in [1.807, 2.05) is 49.9 Å². The molecule has 0 saturated heterocycles. The number of hydrogen-bond acceptors (Lipinski definition) is 5. The zero-order chi connectivity index (χ0) is 26.3. The van der Waals surface area contributed by atoms with Crippen molar-refractivity contribution in [1.82, 2.24) is 15.1 Å². The molecule has 7 heteroatoms. The van der Waals surface area contributed by atoms with Gasteiger partial charge in [-0.15, -0.1) is 0 Å². The van der Waals surface area contributed by atoms with Crippen LogP contribution in [0.3, 0.4) is 0 Å². The monoisotopic (exact) mass is 497 g/mol. The lowest BCUT2D eigenvalue weighted by Gasteiger charge is -2.27. The summed E-state index contributed by atoms with van der Waals surface area (Å²) in [6.45, 7) is 6.43. The molecule has 1 atom stereocenters. The van der Waals surface area contributed by atoms with Gasteiger partial charge >= 0.3 is 0 Å². The third-order valence-electron chi connectivity index (χ3n) is 7.04. The lowest BCUT2D eigenvalue weighted by atomic mass is 9.92. The Kier molecular flexibility index (Phi) is 6.38. The minimum absolute atomic E-state index is 0.107. The molecule has 1 amide bonds. The summed E-state index contributed by atoms with van der Waals surface area (Å²) in [4.78, 5) is 15.6. The molecular weight excluding hydrogens is 466 g/mol. The Morgan fingerprint density at radius 1 is 0.946 bits per heavy atom. The second-order valence-corrected chi connectivity index (χ2v) is 9.59. The second kappa shape index (κ2) is 9.65. The molecule has 0 saturated carbocycles. The number of aromatic nitrogens is 2. The Morgan fingerprint density at radius 2 is 1.68 bits per heavy atom. The van der Waals surface area contributed by atoms with E-state index in [1.165, 1.54) is 0 Å². The molecule has 1 aliphatic rings. The first-order valence-corrected chi connectivity index (χ1v) is 12.3. The van der Waals surface area contributed by atoms with E-state index in [9.17, 15) is 9.90 Å². The van der Waals surface area contributed by atoms with Gasteiger partial charge in [-0.1, -0.05) is 42.0 Å². The molecule has 37 heavy (non-hydrogen) atoms. The molecule has 1 aromatic heterocycles. The molecule has 1 unspecified atom stereocenters. The Hall–Kier alpha value is -4.26. The van der Waals surface area contributed by atoms with E-state index in [4.69, 9.17) is 9.47 Å². The predicted octanol–water partition coefficient (Wildman–Crippen LogP) is 5.51. The number of rotatable bonds is 7. The van der Waals surface area contributed by atoms with Gasteiger partial charge in [-0.2, -0.15) is 5.10 Å². The normalized spacial score (nSPS) is 14.7. The minimum Gasteiger partial charge on any atom is -0.507 e. The van der Waals surface area contributed by atoms with Gasteiger partial charge in [0.1, 0.15) is 17.1 Å². The average Bonchev–Trinajstić information content (AvgIpc) is 3.41. The molecule has 0 aliphatic carbocycles. The van der Waals surface area contributed by atoms with Crippen LogP contribution >= 0.6 is 0 Å².